The molecule has 0 saturated carbocycles. The maximum absolute atomic E-state index is 10.9. The molecule has 0 aliphatic carbocycles. The van der Waals surface area contributed by atoms with Crippen LogP contribution in [0.2, 0.25) is 0 Å². The van der Waals surface area contributed by atoms with Crippen molar-refractivity contribution in [3.05, 3.63) is 47.3 Å². The van der Waals surface area contributed by atoms with Crippen LogP contribution in [0, 0.1) is 13.8 Å². The third kappa shape index (κ3) is 3.36. The summed E-state index contributed by atoms with van der Waals surface area (Å²) in [7, 11) is 4.05. The summed E-state index contributed by atoms with van der Waals surface area (Å²) in [6.45, 7) is 5.54. The molecule has 2 aromatic rings. The van der Waals surface area contributed by atoms with Gasteiger partial charge in [-0.15, -0.1) is 0 Å². The molecule has 5 heteroatoms. The number of nitrogens with zero attached hydrogens (tertiary/aromatic N) is 3. The van der Waals surface area contributed by atoms with Gasteiger partial charge in [-0.25, -0.2) is 5.43 Å². The van der Waals surface area contributed by atoms with E-state index in [0.717, 1.165) is 22.6 Å². The maximum atomic E-state index is 10.9. The lowest BCUT2D eigenvalue weighted by molar-refractivity contribution is -0.118. The predicted molar refractivity (Wildman–Crippen MR) is 91.0 cm³/mol. The molecule has 116 valence electrons. The van der Waals surface area contributed by atoms with Gasteiger partial charge >= 0.3 is 0 Å². The first-order valence-corrected chi connectivity index (χ1v) is 7.16. The molecule has 0 aliphatic rings. The van der Waals surface area contributed by atoms with E-state index in [1.165, 1.54) is 12.6 Å². The Bertz CT molecular complexity index is 696. The number of hydrogen-bond acceptors (Lipinski definition) is 3. The van der Waals surface area contributed by atoms with Gasteiger partial charge in [0.25, 0.3) is 0 Å². The summed E-state index contributed by atoms with van der Waals surface area (Å²) in [5.74, 6) is -0.177. The minimum absolute atomic E-state index is 0.177. The molecule has 1 N–H and O–H groups in total. The molecule has 0 aliphatic heterocycles. The van der Waals surface area contributed by atoms with E-state index >= 15 is 0 Å². The Morgan fingerprint density at radius 1 is 1.23 bits per heavy atom. The Morgan fingerprint density at radius 2 is 1.86 bits per heavy atom. The highest BCUT2D eigenvalue weighted by Gasteiger charge is 2.09. The molecule has 0 unspecified atom stereocenters. The van der Waals surface area contributed by atoms with E-state index in [9.17, 15) is 4.79 Å². The molecule has 0 spiro atoms. The number of rotatable bonds is 4. The molecule has 1 heterocycles. The third-order valence-electron chi connectivity index (χ3n) is 3.52. The molecular formula is C17H22N4O. The van der Waals surface area contributed by atoms with Crippen LogP contribution in [0.1, 0.15) is 23.9 Å². The van der Waals surface area contributed by atoms with Gasteiger partial charge in [-0.3, -0.25) is 4.79 Å². The molecule has 0 bridgehead atoms. The van der Waals surface area contributed by atoms with E-state index in [1.807, 2.05) is 21.0 Å². The summed E-state index contributed by atoms with van der Waals surface area (Å²) in [6, 6.07) is 10.5. The summed E-state index contributed by atoms with van der Waals surface area (Å²) in [6.07, 6.45) is 1.68. The van der Waals surface area contributed by atoms with Gasteiger partial charge in [0, 0.05) is 49.3 Å². The Labute approximate surface area is 131 Å². The van der Waals surface area contributed by atoms with Gasteiger partial charge in [0.1, 0.15) is 0 Å². The molecule has 22 heavy (non-hydrogen) atoms. The predicted octanol–water partition coefficient (Wildman–Crippen LogP) is 2.63. The average molecular weight is 298 g/mol. The zero-order valence-corrected chi connectivity index (χ0v) is 13.7. The first-order chi connectivity index (χ1) is 10.4. The highest BCUT2D eigenvalue weighted by Crippen LogP contribution is 2.22. The van der Waals surface area contributed by atoms with Gasteiger partial charge in [0.15, 0.2) is 0 Å². The quantitative estimate of drug-likeness (QED) is 0.697. The fourth-order valence-corrected chi connectivity index (χ4v) is 2.41. The Morgan fingerprint density at radius 3 is 2.41 bits per heavy atom. The number of hydrazone groups is 1. The molecule has 0 fully saturated rings. The number of carbonyl (C=O) groups excluding carboxylic acids is 1. The zero-order valence-electron chi connectivity index (χ0n) is 13.7. The average Bonchev–Trinajstić information content (AvgIpc) is 2.73. The number of amides is 1. The van der Waals surface area contributed by atoms with E-state index in [1.54, 1.807) is 6.21 Å². The van der Waals surface area contributed by atoms with Crippen LogP contribution in [0.3, 0.4) is 0 Å². The van der Waals surface area contributed by atoms with Crippen LogP contribution >= 0.6 is 0 Å². The number of aromatic nitrogens is 1. The van der Waals surface area contributed by atoms with E-state index in [-0.39, 0.29) is 5.91 Å². The topological polar surface area (TPSA) is 49.6 Å². The molecule has 1 aromatic heterocycles. The van der Waals surface area contributed by atoms with Gasteiger partial charge in [-0.05, 0) is 44.2 Å². The summed E-state index contributed by atoms with van der Waals surface area (Å²) < 4.78 is 2.18. The van der Waals surface area contributed by atoms with Crippen molar-refractivity contribution in [3.8, 4) is 5.69 Å². The van der Waals surface area contributed by atoms with Crippen LogP contribution in [-0.4, -0.2) is 30.8 Å². The molecule has 0 saturated heterocycles. The largest absolute Gasteiger partial charge is 0.378 e. The van der Waals surface area contributed by atoms with Crippen LogP contribution in [0.25, 0.3) is 5.69 Å². The summed E-state index contributed by atoms with van der Waals surface area (Å²) in [4.78, 5) is 12.9. The second-order valence-electron chi connectivity index (χ2n) is 5.50. The van der Waals surface area contributed by atoms with Gasteiger partial charge in [-0.2, -0.15) is 5.10 Å². The smallest absolute Gasteiger partial charge is 0.236 e. The van der Waals surface area contributed by atoms with Crippen molar-refractivity contribution in [2.75, 3.05) is 19.0 Å². The maximum Gasteiger partial charge on any atom is 0.236 e. The number of carbonyl (C=O) groups is 1. The molecule has 2 rings (SSSR count). The SMILES string of the molecule is CC(=O)NN=Cc1cc(C)n(-c2ccc(N(C)C)cc2)c1C. The van der Waals surface area contributed by atoms with Crippen molar-refractivity contribution in [1.82, 2.24) is 9.99 Å². The lowest BCUT2D eigenvalue weighted by Gasteiger charge is -2.14. The van der Waals surface area contributed by atoms with E-state index in [4.69, 9.17) is 0 Å². The standard InChI is InChI=1S/C17H22N4O/c1-12-10-15(11-18-19-14(3)22)13(2)21(12)17-8-6-16(7-9-17)20(4)5/h6-11H,1-5H3,(H,19,22). The normalized spacial score (nSPS) is 11.0. The van der Waals surface area contributed by atoms with Crippen molar-refractivity contribution >= 4 is 17.8 Å². The first kappa shape index (κ1) is 15.8. The minimum atomic E-state index is -0.177. The van der Waals surface area contributed by atoms with Crippen molar-refractivity contribution in [2.24, 2.45) is 5.10 Å². The number of hydrogen-bond donors (Lipinski definition) is 1. The molecular weight excluding hydrogens is 276 g/mol. The number of anilines is 1. The minimum Gasteiger partial charge on any atom is -0.378 e. The highest BCUT2D eigenvalue weighted by molar-refractivity contribution is 5.83. The monoisotopic (exact) mass is 298 g/mol. The van der Waals surface area contributed by atoms with Crippen molar-refractivity contribution in [3.63, 3.8) is 0 Å². The fraction of sp³-hybridized carbons (Fsp3) is 0.294. The first-order valence-electron chi connectivity index (χ1n) is 7.16. The highest BCUT2D eigenvalue weighted by atomic mass is 16.2. The molecule has 1 amide bonds. The van der Waals surface area contributed by atoms with E-state index in [2.05, 4.69) is 57.2 Å². The number of benzene rings is 1. The van der Waals surface area contributed by atoms with Gasteiger partial charge in [0.05, 0.1) is 6.21 Å². The zero-order chi connectivity index (χ0) is 16.3. The molecule has 5 nitrogen and oxygen atoms in total. The van der Waals surface area contributed by atoms with E-state index in [0.29, 0.717) is 0 Å². The summed E-state index contributed by atoms with van der Waals surface area (Å²) in [5, 5.41) is 3.94. The van der Waals surface area contributed by atoms with Crippen molar-refractivity contribution in [1.29, 1.82) is 0 Å². The van der Waals surface area contributed by atoms with Crippen molar-refractivity contribution in [2.45, 2.75) is 20.8 Å². The molecule has 0 radical (unpaired) electrons. The lowest BCUT2D eigenvalue weighted by Crippen LogP contribution is -2.12. The van der Waals surface area contributed by atoms with Crippen LogP contribution in [0.15, 0.2) is 35.4 Å². The van der Waals surface area contributed by atoms with Crippen LogP contribution in [0.5, 0.6) is 0 Å². The second-order valence-corrected chi connectivity index (χ2v) is 5.50. The van der Waals surface area contributed by atoms with Crippen LogP contribution in [0.4, 0.5) is 5.69 Å². The van der Waals surface area contributed by atoms with Gasteiger partial charge in [0.2, 0.25) is 5.91 Å². The number of nitrogens with one attached hydrogen (secondary N) is 1. The third-order valence-corrected chi connectivity index (χ3v) is 3.52. The Balaban J connectivity index is 2.33. The fourth-order valence-electron chi connectivity index (χ4n) is 2.41. The van der Waals surface area contributed by atoms with Crippen LogP contribution < -0.4 is 10.3 Å². The van der Waals surface area contributed by atoms with E-state index < -0.39 is 0 Å². The number of aryl methyl sites for hydroxylation is 1. The second kappa shape index (κ2) is 6.47. The van der Waals surface area contributed by atoms with Crippen molar-refractivity contribution < 1.29 is 4.79 Å². The summed E-state index contributed by atoms with van der Waals surface area (Å²) >= 11 is 0. The molecule has 0 atom stereocenters. The van der Waals surface area contributed by atoms with Gasteiger partial charge in [-0.1, -0.05) is 0 Å². The molecule has 1 aromatic carbocycles. The summed E-state index contributed by atoms with van der Waals surface area (Å²) in [5.41, 5.74) is 7.90. The Kier molecular flexibility index (Phi) is 4.65. The lowest BCUT2D eigenvalue weighted by atomic mass is 10.2. The Hall–Kier alpha value is -2.56. The van der Waals surface area contributed by atoms with Crippen LogP contribution in [-0.2, 0) is 4.79 Å². The van der Waals surface area contributed by atoms with Gasteiger partial charge < -0.3 is 9.47 Å².